The van der Waals surface area contributed by atoms with Gasteiger partial charge in [0.1, 0.15) is 10.0 Å². The van der Waals surface area contributed by atoms with Gasteiger partial charge in [-0.3, -0.25) is 4.98 Å². The minimum absolute atomic E-state index is 0.342. The van der Waals surface area contributed by atoms with Gasteiger partial charge in [0.25, 0.3) is 0 Å². The van der Waals surface area contributed by atoms with Crippen LogP contribution in [0.2, 0.25) is 5.15 Å². The van der Waals surface area contributed by atoms with E-state index in [0.717, 1.165) is 10.6 Å². The number of carbonyl (C=O) groups is 1. The molecule has 0 unspecified atom stereocenters. The van der Waals surface area contributed by atoms with Crippen LogP contribution in [0.5, 0.6) is 0 Å². The van der Waals surface area contributed by atoms with Gasteiger partial charge in [0.05, 0.1) is 18.1 Å². The second-order valence-electron chi connectivity index (χ2n) is 3.07. The molecule has 2 aromatic rings. The van der Waals surface area contributed by atoms with Crippen LogP contribution in [0.4, 0.5) is 0 Å². The van der Waals surface area contributed by atoms with E-state index in [0.29, 0.717) is 15.8 Å². The van der Waals surface area contributed by atoms with Crippen LogP contribution in [-0.2, 0) is 5.75 Å². The largest absolute Gasteiger partial charge is 0.477 e. The van der Waals surface area contributed by atoms with Crippen molar-refractivity contribution in [3.05, 3.63) is 39.6 Å². The summed E-state index contributed by atoms with van der Waals surface area (Å²) in [5.74, 6) is -0.256. The minimum atomic E-state index is -0.895. The predicted molar refractivity (Wildman–Crippen MR) is 67.9 cm³/mol. The van der Waals surface area contributed by atoms with Gasteiger partial charge in [0.2, 0.25) is 0 Å². The molecule has 88 valence electrons. The second kappa shape index (κ2) is 5.48. The highest BCUT2D eigenvalue weighted by Crippen LogP contribution is 2.27. The van der Waals surface area contributed by atoms with Gasteiger partial charge < -0.3 is 5.11 Å². The first-order valence-electron chi connectivity index (χ1n) is 4.56. The maximum absolute atomic E-state index is 10.7. The summed E-state index contributed by atoms with van der Waals surface area (Å²) in [5.41, 5.74) is 0.808. The number of aromatic nitrogens is 2. The average molecular weight is 287 g/mol. The number of hydrogen-bond acceptors (Lipinski definition) is 5. The third kappa shape index (κ3) is 3.42. The lowest BCUT2D eigenvalue weighted by molar-refractivity contribution is 0.0702. The number of carboxylic acid groups (broad SMARTS) is 1. The van der Waals surface area contributed by atoms with Crippen LogP contribution in [0.3, 0.4) is 0 Å². The highest BCUT2D eigenvalue weighted by molar-refractivity contribution is 7.98. The van der Waals surface area contributed by atoms with Crippen molar-refractivity contribution in [2.75, 3.05) is 0 Å². The van der Waals surface area contributed by atoms with Gasteiger partial charge in [0.15, 0.2) is 0 Å². The number of carboxylic acids is 1. The Morgan fingerprint density at radius 2 is 2.29 bits per heavy atom. The van der Waals surface area contributed by atoms with Crippen LogP contribution in [0.1, 0.15) is 15.4 Å². The van der Waals surface area contributed by atoms with Gasteiger partial charge in [0, 0.05) is 16.0 Å². The summed E-state index contributed by atoms with van der Waals surface area (Å²) in [6.07, 6.45) is 3.10. The maximum atomic E-state index is 10.7. The lowest BCUT2D eigenvalue weighted by Gasteiger charge is -1.98. The van der Waals surface area contributed by atoms with Crippen LogP contribution >= 0.6 is 34.7 Å². The fourth-order valence-corrected chi connectivity index (χ4v) is 2.94. The maximum Gasteiger partial charge on any atom is 0.345 e. The fourth-order valence-electron chi connectivity index (χ4n) is 1.08. The van der Waals surface area contributed by atoms with E-state index in [1.165, 1.54) is 29.3 Å². The SMILES string of the molecule is O=C(O)c1cc(SCc2cnc(Cl)cn2)cs1. The zero-order valence-electron chi connectivity index (χ0n) is 8.46. The summed E-state index contributed by atoms with van der Waals surface area (Å²) in [5, 5.41) is 11.0. The number of rotatable bonds is 4. The smallest absolute Gasteiger partial charge is 0.345 e. The molecule has 0 aliphatic carbocycles. The molecule has 7 heteroatoms. The van der Waals surface area contributed by atoms with Crippen molar-refractivity contribution in [2.24, 2.45) is 0 Å². The van der Waals surface area contributed by atoms with E-state index >= 15 is 0 Å². The van der Waals surface area contributed by atoms with Gasteiger partial charge in [-0.15, -0.1) is 23.1 Å². The summed E-state index contributed by atoms with van der Waals surface area (Å²) in [6, 6.07) is 1.65. The van der Waals surface area contributed by atoms with Crippen molar-refractivity contribution in [1.82, 2.24) is 9.97 Å². The normalized spacial score (nSPS) is 10.4. The summed E-state index contributed by atoms with van der Waals surface area (Å²) in [6.45, 7) is 0. The van der Waals surface area contributed by atoms with Crippen molar-refractivity contribution in [1.29, 1.82) is 0 Å². The monoisotopic (exact) mass is 286 g/mol. The Balaban J connectivity index is 1.97. The lowest BCUT2D eigenvalue weighted by atomic mass is 10.5. The first kappa shape index (κ1) is 12.3. The Morgan fingerprint density at radius 1 is 1.47 bits per heavy atom. The highest BCUT2D eigenvalue weighted by Gasteiger charge is 2.07. The third-order valence-electron chi connectivity index (χ3n) is 1.85. The Hall–Kier alpha value is -1.11. The minimum Gasteiger partial charge on any atom is -0.477 e. The molecule has 0 amide bonds. The van der Waals surface area contributed by atoms with Crippen molar-refractivity contribution in [2.45, 2.75) is 10.6 Å². The molecule has 2 heterocycles. The number of thiophene rings is 1. The molecular weight excluding hydrogens is 280 g/mol. The van der Waals surface area contributed by atoms with Crippen LogP contribution < -0.4 is 0 Å². The Kier molecular flexibility index (Phi) is 3.98. The molecular formula is C10H7ClN2O2S2. The standard InChI is InChI=1S/C10H7ClN2O2S2/c11-9-3-12-6(2-13-9)4-16-7-1-8(10(14)15)17-5-7/h1-3,5H,4H2,(H,14,15). The molecule has 0 saturated heterocycles. The zero-order chi connectivity index (χ0) is 12.3. The van der Waals surface area contributed by atoms with E-state index in [-0.39, 0.29) is 0 Å². The topological polar surface area (TPSA) is 63.1 Å². The van der Waals surface area contributed by atoms with Gasteiger partial charge in [-0.05, 0) is 6.07 Å². The first-order chi connectivity index (χ1) is 8.15. The molecule has 0 spiro atoms. The summed E-state index contributed by atoms with van der Waals surface area (Å²) < 4.78 is 0. The predicted octanol–water partition coefficient (Wildman–Crippen LogP) is 3.18. The molecule has 0 fully saturated rings. The van der Waals surface area contributed by atoms with Gasteiger partial charge in [-0.1, -0.05) is 11.6 Å². The number of hydrogen-bond donors (Lipinski definition) is 1. The van der Waals surface area contributed by atoms with Crippen molar-refractivity contribution in [3.8, 4) is 0 Å². The van der Waals surface area contributed by atoms with Crippen molar-refractivity contribution < 1.29 is 9.90 Å². The molecule has 2 aromatic heterocycles. The van der Waals surface area contributed by atoms with E-state index in [1.54, 1.807) is 12.3 Å². The zero-order valence-corrected chi connectivity index (χ0v) is 10.8. The van der Waals surface area contributed by atoms with Gasteiger partial charge in [-0.25, -0.2) is 9.78 Å². The van der Waals surface area contributed by atoms with E-state index in [9.17, 15) is 4.79 Å². The molecule has 0 aliphatic heterocycles. The van der Waals surface area contributed by atoms with Crippen LogP contribution in [0.15, 0.2) is 28.7 Å². The van der Waals surface area contributed by atoms with E-state index < -0.39 is 5.97 Å². The van der Waals surface area contributed by atoms with E-state index in [2.05, 4.69) is 9.97 Å². The molecule has 0 radical (unpaired) electrons. The summed E-state index contributed by atoms with van der Waals surface area (Å²) in [4.78, 5) is 20.0. The van der Waals surface area contributed by atoms with Crippen LogP contribution in [-0.4, -0.2) is 21.0 Å². The molecule has 2 rings (SSSR count). The van der Waals surface area contributed by atoms with Crippen LogP contribution in [0, 0.1) is 0 Å². The highest BCUT2D eigenvalue weighted by atomic mass is 35.5. The van der Waals surface area contributed by atoms with E-state index in [1.807, 2.05) is 5.38 Å². The molecule has 0 atom stereocenters. The molecule has 0 bridgehead atoms. The number of thioether (sulfide) groups is 1. The van der Waals surface area contributed by atoms with Crippen molar-refractivity contribution >= 4 is 40.7 Å². The van der Waals surface area contributed by atoms with Crippen molar-refractivity contribution in [3.63, 3.8) is 0 Å². The molecule has 0 aliphatic rings. The molecule has 4 nitrogen and oxygen atoms in total. The first-order valence-corrected chi connectivity index (χ1v) is 6.80. The summed E-state index contributed by atoms with van der Waals surface area (Å²) >= 11 is 8.36. The third-order valence-corrected chi connectivity index (χ3v) is 4.12. The lowest BCUT2D eigenvalue weighted by Crippen LogP contribution is -1.90. The Labute approximate surface area is 111 Å². The fraction of sp³-hybridized carbons (Fsp3) is 0.100. The quantitative estimate of drug-likeness (QED) is 0.875. The average Bonchev–Trinajstić information content (AvgIpc) is 2.77. The molecule has 1 N–H and O–H groups in total. The number of aromatic carboxylic acids is 1. The molecule has 0 saturated carbocycles. The summed E-state index contributed by atoms with van der Waals surface area (Å²) in [7, 11) is 0. The number of halogens is 1. The van der Waals surface area contributed by atoms with E-state index in [4.69, 9.17) is 16.7 Å². The number of nitrogens with zero attached hydrogens (tertiary/aromatic N) is 2. The second-order valence-corrected chi connectivity index (χ2v) is 5.42. The van der Waals surface area contributed by atoms with Gasteiger partial charge >= 0.3 is 5.97 Å². The Morgan fingerprint density at radius 3 is 2.88 bits per heavy atom. The Bertz CT molecular complexity index is 527. The van der Waals surface area contributed by atoms with Gasteiger partial charge in [-0.2, -0.15) is 0 Å². The molecule has 17 heavy (non-hydrogen) atoms. The van der Waals surface area contributed by atoms with Crippen LogP contribution in [0.25, 0.3) is 0 Å². The molecule has 0 aromatic carbocycles.